The second-order valence-electron chi connectivity index (χ2n) is 0.105. The molecule has 0 amide bonds. The zero-order valence-corrected chi connectivity index (χ0v) is 3.09. The fourth-order valence-electron chi connectivity index (χ4n) is 0. The monoisotopic (exact) mass is 78.0 g/mol. The number of rotatable bonds is 0. The van der Waals surface area contributed by atoms with Gasteiger partial charge in [0, 0.05) is 7.43 Å². The zero-order valence-electron chi connectivity index (χ0n) is 1.93. The van der Waals surface area contributed by atoms with E-state index < -0.39 is 8.69 Å². The molecule has 4 heavy (non-hydrogen) atoms. The fraction of sp³-hybridized carbons (Fsp3) is 0. The van der Waals surface area contributed by atoms with Gasteiger partial charge in [0.25, 0.3) is 0 Å². The maximum Gasteiger partial charge on any atom is 0.177 e. The molecule has 1 N–H and O–H groups in total. The molecule has 0 aromatic carbocycles. The van der Waals surface area contributed by atoms with Gasteiger partial charge in [-0.1, -0.05) is 0 Å². The van der Waals surface area contributed by atoms with Crippen molar-refractivity contribution in [3.05, 3.63) is 7.43 Å². The summed E-state index contributed by atoms with van der Waals surface area (Å²) in [4.78, 5) is 7.10. The summed E-state index contributed by atoms with van der Waals surface area (Å²) in [6.07, 6.45) is 0. The van der Waals surface area contributed by atoms with E-state index in [0.717, 1.165) is 0 Å². The Morgan fingerprint density at radius 3 is 1.75 bits per heavy atom. The fourth-order valence-corrected chi connectivity index (χ4v) is 0. The molecule has 1 unspecified atom stereocenters. The third-order valence-electron chi connectivity index (χ3n) is 0. The van der Waals surface area contributed by atoms with Crippen LogP contribution in [0.3, 0.4) is 0 Å². The molecule has 4 radical (unpaired) electrons. The Balaban J connectivity index is 0. The van der Waals surface area contributed by atoms with Crippen LogP contribution in [0.25, 0.3) is 0 Å². The zero-order chi connectivity index (χ0) is 2.71. The Bertz CT molecular complexity index is 13.5. The molecule has 0 spiro atoms. The first-order chi connectivity index (χ1) is 1.41. The summed E-state index contributed by atoms with van der Waals surface area (Å²) in [5.41, 5.74) is 0. The molecule has 0 fully saturated rings. The average Bonchev–Trinajstić information content (AvgIpc) is 0.918. The number of hydrogen-bond acceptors (Lipinski definition) is 1. The van der Waals surface area contributed by atoms with E-state index in [9.17, 15) is 0 Å². The van der Waals surface area contributed by atoms with Gasteiger partial charge < -0.3 is 4.89 Å². The van der Waals surface area contributed by atoms with E-state index in [2.05, 4.69) is 0 Å². The van der Waals surface area contributed by atoms with Gasteiger partial charge in [-0.2, -0.15) is 0 Å². The molecule has 0 saturated carbocycles. The van der Waals surface area contributed by atoms with E-state index in [4.69, 9.17) is 9.46 Å². The van der Waals surface area contributed by atoms with E-state index in [1.807, 2.05) is 0 Å². The molecule has 0 aliphatic rings. The van der Waals surface area contributed by atoms with Crippen molar-refractivity contribution < 1.29 is 9.46 Å². The van der Waals surface area contributed by atoms with Crippen LogP contribution in [0.4, 0.5) is 0 Å². The van der Waals surface area contributed by atoms with E-state index in [0.29, 0.717) is 0 Å². The van der Waals surface area contributed by atoms with Gasteiger partial charge in [-0.05, 0) is 0 Å². The molecule has 0 aromatic heterocycles. The highest BCUT2D eigenvalue weighted by Crippen LogP contribution is 1.66. The summed E-state index contributed by atoms with van der Waals surface area (Å²) in [6, 6.07) is 0. The first-order valence-electron chi connectivity index (χ1n) is 0.494. The van der Waals surface area contributed by atoms with Gasteiger partial charge in [0.2, 0.25) is 0 Å². The Kier molecular flexibility index (Phi) is 24.0. The molecular formula is CH3O2P. The summed E-state index contributed by atoms with van der Waals surface area (Å²) in [5.74, 6) is 0. The van der Waals surface area contributed by atoms with Crippen LogP contribution in [0.5, 0.6) is 0 Å². The minimum atomic E-state index is -1.50. The van der Waals surface area contributed by atoms with Gasteiger partial charge in [0.05, 0.1) is 0 Å². The van der Waals surface area contributed by atoms with Crippen molar-refractivity contribution in [2.75, 3.05) is 0 Å². The smallest absolute Gasteiger partial charge is 0.177 e. The maximum absolute atomic E-state index is 8.57. The predicted octanol–water partition coefficient (Wildman–Crippen LogP) is -0.269. The minimum absolute atomic E-state index is 0. The first kappa shape index (κ1) is 8.89. The van der Waals surface area contributed by atoms with Gasteiger partial charge in [-0.25, -0.2) is 0 Å². The molecule has 0 aliphatic carbocycles. The van der Waals surface area contributed by atoms with Crippen molar-refractivity contribution >= 4 is 8.69 Å². The normalized spacial score (nSPS) is 7.25. The number of hydrogen-bond donors (Lipinski definition) is 1. The van der Waals surface area contributed by atoms with Crippen LogP contribution in [-0.2, 0) is 4.57 Å². The van der Waals surface area contributed by atoms with Gasteiger partial charge in [-0.3, -0.25) is 4.57 Å². The highest BCUT2D eigenvalue weighted by molar-refractivity contribution is 7.16. The van der Waals surface area contributed by atoms with Crippen molar-refractivity contribution in [3.63, 3.8) is 0 Å². The van der Waals surface area contributed by atoms with E-state index >= 15 is 0 Å². The molecule has 0 heterocycles. The van der Waals surface area contributed by atoms with Gasteiger partial charge >= 0.3 is 0 Å². The van der Waals surface area contributed by atoms with Crippen molar-refractivity contribution in [1.82, 2.24) is 0 Å². The third-order valence-corrected chi connectivity index (χ3v) is 0. The lowest BCUT2D eigenvalue weighted by Gasteiger charge is -1.33. The topological polar surface area (TPSA) is 37.3 Å². The lowest BCUT2D eigenvalue weighted by atomic mass is 12.0. The van der Waals surface area contributed by atoms with Crippen molar-refractivity contribution in [2.24, 2.45) is 0 Å². The molecule has 3 heteroatoms. The third kappa shape index (κ3) is 85.9. The summed E-state index contributed by atoms with van der Waals surface area (Å²) < 4.78 is 8.57. The van der Waals surface area contributed by atoms with E-state index in [1.54, 1.807) is 0 Å². The lowest BCUT2D eigenvalue weighted by Crippen LogP contribution is -1.03. The Morgan fingerprint density at radius 2 is 1.75 bits per heavy atom. The quantitative estimate of drug-likeness (QED) is 0.405. The highest BCUT2D eigenvalue weighted by atomic mass is 31.1. The molecule has 2 nitrogen and oxygen atoms in total. The van der Waals surface area contributed by atoms with Crippen LogP contribution >= 0.6 is 8.69 Å². The average molecular weight is 78.0 g/mol. The maximum atomic E-state index is 8.57. The van der Waals surface area contributed by atoms with Crippen LogP contribution in [0.1, 0.15) is 0 Å². The SMILES string of the molecule is O=[PH2]O.[C]. The minimum Gasteiger partial charge on any atom is -0.348 e. The molecule has 0 bridgehead atoms. The Morgan fingerprint density at radius 1 is 1.75 bits per heavy atom. The van der Waals surface area contributed by atoms with Crippen LogP contribution in [0.15, 0.2) is 0 Å². The van der Waals surface area contributed by atoms with Gasteiger partial charge in [-0.15, -0.1) is 0 Å². The second-order valence-corrected chi connectivity index (χ2v) is 0.316. The molecule has 0 saturated heterocycles. The van der Waals surface area contributed by atoms with E-state index in [1.165, 1.54) is 0 Å². The lowest BCUT2D eigenvalue weighted by molar-refractivity contribution is 0.524. The van der Waals surface area contributed by atoms with Crippen molar-refractivity contribution in [3.8, 4) is 0 Å². The van der Waals surface area contributed by atoms with Crippen LogP contribution in [0.2, 0.25) is 0 Å². The van der Waals surface area contributed by atoms with Gasteiger partial charge in [0.1, 0.15) is 0 Å². The van der Waals surface area contributed by atoms with Crippen LogP contribution in [0, 0.1) is 7.43 Å². The van der Waals surface area contributed by atoms with Crippen molar-refractivity contribution in [1.29, 1.82) is 0 Å². The van der Waals surface area contributed by atoms with Crippen LogP contribution in [-0.4, -0.2) is 4.89 Å². The molecule has 0 aromatic rings. The molecule has 1 atom stereocenters. The standard InChI is InChI=1S/C.H3O2P/c;1-3-2/h;3H2,(H,1,2). The molecule has 24 valence electrons. The van der Waals surface area contributed by atoms with Crippen LogP contribution < -0.4 is 0 Å². The summed E-state index contributed by atoms with van der Waals surface area (Å²) >= 11 is 0. The molecular weight excluding hydrogens is 75.0 g/mol. The van der Waals surface area contributed by atoms with Crippen molar-refractivity contribution in [2.45, 2.75) is 0 Å². The summed E-state index contributed by atoms with van der Waals surface area (Å²) in [6.45, 7) is 0. The molecule has 0 aliphatic heterocycles. The summed E-state index contributed by atoms with van der Waals surface area (Å²) in [7, 11) is -1.50. The van der Waals surface area contributed by atoms with Gasteiger partial charge in [0.15, 0.2) is 8.69 Å². The van der Waals surface area contributed by atoms with E-state index in [-0.39, 0.29) is 7.43 Å². The highest BCUT2D eigenvalue weighted by Gasteiger charge is 1.17. The summed E-state index contributed by atoms with van der Waals surface area (Å²) in [5, 5.41) is 0. The second kappa shape index (κ2) is 10.8. The predicted molar refractivity (Wildman–Crippen MR) is 15.9 cm³/mol. The Hall–Kier alpha value is 0.190. The largest absolute Gasteiger partial charge is 0.348 e. The molecule has 0 rings (SSSR count). The Labute approximate surface area is 26.7 Å². The first-order valence-corrected chi connectivity index (χ1v) is 1.48.